The van der Waals surface area contributed by atoms with Crippen molar-refractivity contribution in [1.82, 2.24) is 15.2 Å². The van der Waals surface area contributed by atoms with Crippen LogP contribution in [0.5, 0.6) is 11.5 Å². The van der Waals surface area contributed by atoms with Gasteiger partial charge in [-0.25, -0.2) is 4.79 Å². The van der Waals surface area contributed by atoms with Crippen LogP contribution in [0.4, 0.5) is 10.5 Å². The Balaban J connectivity index is 0.843. The number of phenols is 1. The lowest BCUT2D eigenvalue weighted by atomic mass is 9.86. The predicted molar refractivity (Wildman–Crippen MR) is 222 cm³/mol. The first-order valence-electron chi connectivity index (χ1n) is 19.8. The minimum atomic E-state index is -0.804. The number of amides is 1. The first-order valence-corrected chi connectivity index (χ1v) is 19.8. The Hall–Kier alpha value is -5.94. The van der Waals surface area contributed by atoms with Gasteiger partial charge in [0.2, 0.25) is 5.56 Å². The Labute approximate surface area is 332 Å². The van der Waals surface area contributed by atoms with Gasteiger partial charge in [-0.15, -0.1) is 0 Å². The lowest BCUT2D eigenvalue weighted by Crippen LogP contribution is -2.53. The number of aromatic amines is 1. The lowest BCUT2D eigenvalue weighted by molar-refractivity contribution is -0.0311. The average molecular weight is 765 g/mol. The standard InChI is InChI=1S/C47H48N4O6/c52-42-18-16-40(41-17-19-45(54)49-46(41)42)43(53)28-48-23-20-32-12-14-35(15-13-32)37-8-4-7-34(26-37)31-56-39-11-5-6-33(27-39)29-51(38-9-2-1-3-10-38)47(55)57-44-30-50-24-21-36(44)22-25-50/h1-19,26-27,36,43-44,48,52-53H,20-25,28-31H2,(H,49,54)/t43-,44-/m0/s1. The monoisotopic (exact) mass is 764 g/mol. The number of aromatic hydroxyl groups is 1. The molecule has 0 spiro atoms. The molecule has 1 amide bonds. The van der Waals surface area contributed by atoms with E-state index in [0.29, 0.717) is 48.6 Å². The van der Waals surface area contributed by atoms with Crippen molar-refractivity contribution in [2.24, 2.45) is 5.92 Å². The number of hydrogen-bond acceptors (Lipinski definition) is 8. The highest BCUT2D eigenvalue weighted by Gasteiger charge is 2.37. The van der Waals surface area contributed by atoms with Gasteiger partial charge in [0.15, 0.2) is 0 Å². The van der Waals surface area contributed by atoms with Crippen molar-refractivity contribution in [3.63, 3.8) is 0 Å². The molecule has 3 saturated heterocycles. The molecular weight excluding hydrogens is 717 g/mol. The molecule has 4 N–H and O–H groups in total. The zero-order chi connectivity index (χ0) is 39.1. The number of aromatic nitrogens is 1. The van der Waals surface area contributed by atoms with E-state index >= 15 is 0 Å². The van der Waals surface area contributed by atoms with Crippen LogP contribution >= 0.6 is 0 Å². The first kappa shape index (κ1) is 38.0. The van der Waals surface area contributed by atoms with E-state index in [0.717, 1.165) is 72.6 Å². The number of aliphatic hydroxyl groups excluding tert-OH is 1. The Morgan fingerprint density at radius 2 is 1.63 bits per heavy atom. The second-order valence-electron chi connectivity index (χ2n) is 15.1. The summed E-state index contributed by atoms with van der Waals surface area (Å²) in [5.74, 6) is 1.14. The minimum absolute atomic E-state index is 0.0283. The topological polar surface area (TPSA) is 127 Å². The number of hydrogen-bond donors (Lipinski definition) is 4. The SMILES string of the molecule is O=C(O[C@H]1CN2CCC1CC2)N(Cc1cccc(OCc2cccc(-c3ccc(CCNC[C@H](O)c4ccc(O)c5[nH]c(=O)ccc45)cc3)c2)c1)c1ccccc1. The van der Waals surface area contributed by atoms with Crippen LogP contribution in [0, 0.1) is 5.92 Å². The fourth-order valence-electron chi connectivity index (χ4n) is 8.03. The van der Waals surface area contributed by atoms with Gasteiger partial charge in [-0.05, 0) is 121 Å². The van der Waals surface area contributed by atoms with E-state index < -0.39 is 6.10 Å². The van der Waals surface area contributed by atoms with Crippen molar-refractivity contribution in [2.45, 2.75) is 44.6 Å². The number of pyridine rings is 1. The summed E-state index contributed by atoms with van der Waals surface area (Å²) in [6.45, 7) is 4.77. The Kier molecular flexibility index (Phi) is 11.6. The van der Waals surface area contributed by atoms with Crippen LogP contribution in [-0.4, -0.2) is 65.0 Å². The second-order valence-corrected chi connectivity index (χ2v) is 15.1. The van der Waals surface area contributed by atoms with Gasteiger partial charge >= 0.3 is 6.09 Å². The Morgan fingerprint density at radius 3 is 2.42 bits per heavy atom. The van der Waals surface area contributed by atoms with Gasteiger partial charge in [0, 0.05) is 30.2 Å². The number of aliphatic hydroxyl groups is 1. The van der Waals surface area contributed by atoms with Crippen molar-refractivity contribution >= 4 is 22.7 Å². The summed E-state index contributed by atoms with van der Waals surface area (Å²) >= 11 is 0. The normalized spacial score (nSPS) is 17.9. The van der Waals surface area contributed by atoms with Crippen molar-refractivity contribution in [1.29, 1.82) is 0 Å². The summed E-state index contributed by atoms with van der Waals surface area (Å²) in [7, 11) is 0. The van der Waals surface area contributed by atoms with Gasteiger partial charge in [0.05, 0.1) is 18.2 Å². The van der Waals surface area contributed by atoms with E-state index in [1.54, 1.807) is 17.0 Å². The molecule has 292 valence electrons. The van der Waals surface area contributed by atoms with Gasteiger partial charge in [-0.1, -0.05) is 78.9 Å². The molecule has 1 aromatic heterocycles. The van der Waals surface area contributed by atoms with E-state index in [-0.39, 0.29) is 23.5 Å². The smallest absolute Gasteiger partial charge is 0.414 e. The highest BCUT2D eigenvalue weighted by Crippen LogP contribution is 2.32. The molecule has 6 aromatic rings. The van der Waals surface area contributed by atoms with Crippen LogP contribution in [0.15, 0.2) is 132 Å². The third-order valence-corrected chi connectivity index (χ3v) is 11.2. The fraction of sp³-hybridized carbons (Fsp3) is 0.277. The number of para-hydroxylation sites is 1. The quantitative estimate of drug-likeness (QED) is 0.0837. The van der Waals surface area contributed by atoms with Gasteiger partial charge in [-0.2, -0.15) is 0 Å². The van der Waals surface area contributed by atoms with E-state index in [9.17, 15) is 19.8 Å². The number of carbonyl (C=O) groups excluding carboxylic acids is 1. The van der Waals surface area contributed by atoms with Crippen molar-refractivity contribution in [2.75, 3.05) is 37.6 Å². The number of rotatable bonds is 14. The number of piperidine rings is 3. The van der Waals surface area contributed by atoms with Gasteiger partial charge in [0.25, 0.3) is 0 Å². The molecule has 2 atom stereocenters. The van der Waals surface area contributed by atoms with Gasteiger partial charge < -0.3 is 30.0 Å². The maximum Gasteiger partial charge on any atom is 0.414 e. The van der Waals surface area contributed by atoms with E-state index in [1.807, 2.05) is 60.7 Å². The Bertz CT molecular complexity index is 2360. The molecule has 0 radical (unpaired) electrons. The zero-order valence-electron chi connectivity index (χ0n) is 31.8. The Morgan fingerprint density at radius 1 is 0.842 bits per heavy atom. The summed E-state index contributed by atoms with van der Waals surface area (Å²) in [6.07, 6.45) is 1.76. The van der Waals surface area contributed by atoms with Crippen LogP contribution in [-0.2, 0) is 24.3 Å². The third-order valence-electron chi connectivity index (χ3n) is 11.2. The average Bonchev–Trinajstić information content (AvgIpc) is 3.25. The van der Waals surface area contributed by atoms with Crippen LogP contribution in [0.25, 0.3) is 22.0 Å². The van der Waals surface area contributed by atoms with Crippen LogP contribution in [0.3, 0.4) is 0 Å². The summed E-state index contributed by atoms with van der Waals surface area (Å²) in [6, 6.07) is 40.6. The number of nitrogens with zero attached hydrogens (tertiary/aromatic N) is 2. The molecule has 10 nitrogen and oxygen atoms in total. The molecule has 0 unspecified atom stereocenters. The molecule has 0 aliphatic carbocycles. The predicted octanol–water partition coefficient (Wildman–Crippen LogP) is 7.58. The molecule has 9 rings (SSSR count). The molecule has 2 bridgehead atoms. The first-order chi connectivity index (χ1) is 27.9. The minimum Gasteiger partial charge on any atom is -0.506 e. The lowest BCUT2D eigenvalue weighted by Gasteiger charge is -2.44. The number of benzene rings is 5. The van der Waals surface area contributed by atoms with Crippen LogP contribution in [0.2, 0.25) is 0 Å². The highest BCUT2D eigenvalue weighted by atomic mass is 16.6. The van der Waals surface area contributed by atoms with Crippen molar-refractivity contribution in [3.8, 4) is 22.6 Å². The zero-order valence-corrected chi connectivity index (χ0v) is 31.8. The third kappa shape index (κ3) is 9.21. The van der Waals surface area contributed by atoms with E-state index in [4.69, 9.17) is 9.47 Å². The molecule has 3 fully saturated rings. The number of carbonyl (C=O) groups is 1. The number of fused-ring (bicyclic) bond motifs is 4. The van der Waals surface area contributed by atoms with Crippen LogP contribution in [0.1, 0.15) is 41.2 Å². The molecule has 3 aliphatic rings. The molecule has 0 saturated carbocycles. The second kappa shape index (κ2) is 17.5. The molecule has 4 heterocycles. The number of anilines is 1. The van der Waals surface area contributed by atoms with Crippen molar-refractivity contribution in [3.05, 3.63) is 160 Å². The summed E-state index contributed by atoms with van der Waals surface area (Å²) in [5.41, 5.74) is 6.83. The maximum absolute atomic E-state index is 13.7. The van der Waals surface area contributed by atoms with E-state index in [1.165, 1.54) is 17.7 Å². The molecule has 10 heteroatoms. The van der Waals surface area contributed by atoms with Gasteiger partial charge in [-0.3, -0.25) is 14.6 Å². The maximum atomic E-state index is 13.7. The highest BCUT2D eigenvalue weighted by molar-refractivity contribution is 5.88. The molecule has 5 aromatic carbocycles. The molecule has 57 heavy (non-hydrogen) atoms. The summed E-state index contributed by atoms with van der Waals surface area (Å²) in [5, 5.41) is 24.9. The molecular formula is C47H48N4O6. The van der Waals surface area contributed by atoms with Crippen molar-refractivity contribution < 1.29 is 24.5 Å². The number of H-pyrrole nitrogens is 1. The number of phenolic OH excluding ortho intramolecular Hbond substituents is 1. The summed E-state index contributed by atoms with van der Waals surface area (Å²) in [4.78, 5) is 32.1. The van der Waals surface area contributed by atoms with Gasteiger partial charge in [0.1, 0.15) is 24.2 Å². The largest absolute Gasteiger partial charge is 0.506 e. The summed E-state index contributed by atoms with van der Waals surface area (Å²) < 4.78 is 12.4. The van der Waals surface area contributed by atoms with Crippen LogP contribution < -0.4 is 20.5 Å². The number of nitrogens with one attached hydrogen (secondary N) is 2. The number of ether oxygens (including phenoxy) is 2. The van der Waals surface area contributed by atoms with E-state index in [2.05, 4.69) is 57.7 Å². The fourth-order valence-corrected chi connectivity index (χ4v) is 8.03. The molecule has 3 aliphatic heterocycles.